The van der Waals surface area contributed by atoms with Gasteiger partial charge in [0.25, 0.3) is 0 Å². The summed E-state index contributed by atoms with van der Waals surface area (Å²) in [6.45, 7) is 6.14. The summed E-state index contributed by atoms with van der Waals surface area (Å²) in [5, 5.41) is 4.70. The lowest BCUT2D eigenvalue weighted by Crippen LogP contribution is -2.45. The average molecular weight is 332 g/mol. The summed E-state index contributed by atoms with van der Waals surface area (Å²) in [4.78, 5) is 5.61. The Morgan fingerprint density at radius 1 is 1.38 bits per heavy atom. The van der Waals surface area contributed by atoms with Gasteiger partial charge in [0.2, 0.25) is 10.0 Å². The molecule has 1 N–H and O–H groups in total. The molecule has 1 fully saturated rings. The molecule has 0 unspecified atom stereocenters. The van der Waals surface area contributed by atoms with E-state index in [1.807, 2.05) is 13.1 Å². The van der Waals surface area contributed by atoms with Gasteiger partial charge in [-0.3, -0.25) is 0 Å². The largest absolute Gasteiger partial charge is 0.309 e. The molecule has 0 saturated carbocycles. The topological polar surface area (TPSA) is 62.3 Å². The molecule has 120 valence electrons. The summed E-state index contributed by atoms with van der Waals surface area (Å²) in [5.74, 6) is 0.270. The molecule has 2 rings (SSSR count). The molecule has 1 aromatic heterocycles. The normalized spacial score (nSPS) is 18.2. The predicted molar refractivity (Wildman–Crippen MR) is 87.0 cm³/mol. The number of piperidine rings is 1. The van der Waals surface area contributed by atoms with Gasteiger partial charge in [0.1, 0.15) is 0 Å². The van der Waals surface area contributed by atoms with E-state index in [0.29, 0.717) is 25.6 Å². The Bertz CT molecular complexity index is 534. The van der Waals surface area contributed by atoms with Crippen molar-refractivity contribution < 1.29 is 8.42 Å². The fraction of sp³-hybridized carbons (Fsp3) is 0.786. The van der Waals surface area contributed by atoms with Gasteiger partial charge in [-0.25, -0.2) is 17.7 Å². The minimum Gasteiger partial charge on any atom is -0.309 e. The Hall–Kier alpha value is -0.500. The summed E-state index contributed by atoms with van der Waals surface area (Å²) >= 11 is 1.75. The van der Waals surface area contributed by atoms with Gasteiger partial charge >= 0.3 is 0 Å². The van der Waals surface area contributed by atoms with Crippen LogP contribution in [0.25, 0.3) is 0 Å². The van der Waals surface area contributed by atoms with Crippen LogP contribution in [0, 0.1) is 0 Å². The number of aromatic nitrogens is 1. The van der Waals surface area contributed by atoms with E-state index in [-0.39, 0.29) is 5.75 Å². The maximum absolute atomic E-state index is 12.0. The van der Waals surface area contributed by atoms with Gasteiger partial charge in [-0.15, -0.1) is 11.3 Å². The summed E-state index contributed by atoms with van der Waals surface area (Å²) in [6.07, 6.45) is 5.39. The van der Waals surface area contributed by atoms with Crippen molar-refractivity contribution in [3.05, 3.63) is 16.1 Å². The third-order valence-corrected chi connectivity index (χ3v) is 7.00. The first-order chi connectivity index (χ1) is 10.0. The van der Waals surface area contributed by atoms with E-state index in [0.717, 1.165) is 25.8 Å². The van der Waals surface area contributed by atoms with Crippen LogP contribution in [-0.2, 0) is 23.0 Å². The molecule has 2 heterocycles. The van der Waals surface area contributed by atoms with Crippen molar-refractivity contribution in [3.8, 4) is 0 Å². The molecule has 1 aliphatic rings. The van der Waals surface area contributed by atoms with Crippen LogP contribution in [-0.4, -0.2) is 42.6 Å². The maximum Gasteiger partial charge on any atom is 0.214 e. The van der Waals surface area contributed by atoms with E-state index < -0.39 is 10.0 Å². The van der Waals surface area contributed by atoms with E-state index in [1.165, 1.54) is 9.88 Å². The molecule has 1 aliphatic heterocycles. The third kappa shape index (κ3) is 4.74. The molecule has 5 nitrogen and oxygen atoms in total. The zero-order chi connectivity index (χ0) is 15.3. The highest BCUT2D eigenvalue weighted by Crippen LogP contribution is 2.17. The highest BCUT2D eigenvalue weighted by atomic mass is 32.2. The lowest BCUT2D eigenvalue weighted by Gasteiger charge is -2.31. The smallest absolute Gasteiger partial charge is 0.214 e. The number of hydrogen-bond donors (Lipinski definition) is 1. The van der Waals surface area contributed by atoms with E-state index in [1.54, 1.807) is 15.6 Å². The SMILES string of the molecule is CCCS(=O)(=O)N1CCC(NCc2cnc(CC)s2)CC1. The monoisotopic (exact) mass is 331 g/mol. The van der Waals surface area contributed by atoms with Gasteiger partial charge in [-0.1, -0.05) is 13.8 Å². The molecule has 7 heteroatoms. The Balaban J connectivity index is 1.76. The fourth-order valence-electron chi connectivity index (χ4n) is 2.56. The highest BCUT2D eigenvalue weighted by molar-refractivity contribution is 7.89. The third-order valence-electron chi connectivity index (χ3n) is 3.78. The number of nitrogens with one attached hydrogen (secondary N) is 1. The maximum atomic E-state index is 12.0. The minimum absolute atomic E-state index is 0.270. The van der Waals surface area contributed by atoms with Gasteiger partial charge in [0.05, 0.1) is 10.8 Å². The van der Waals surface area contributed by atoms with Crippen molar-refractivity contribution in [2.24, 2.45) is 0 Å². The molecule has 0 radical (unpaired) electrons. The highest BCUT2D eigenvalue weighted by Gasteiger charge is 2.26. The Labute approximate surface area is 131 Å². The van der Waals surface area contributed by atoms with Gasteiger partial charge in [-0.2, -0.15) is 0 Å². The molecular formula is C14H25N3O2S2. The molecule has 0 atom stereocenters. The first kappa shape index (κ1) is 16.9. The molecule has 0 bridgehead atoms. The summed E-state index contributed by atoms with van der Waals surface area (Å²) in [7, 11) is -3.03. The number of sulfonamides is 1. The number of thiazole rings is 1. The first-order valence-corrected chi connectivity index (χ1v) is 10.1. The molecule has 1 aromatic rings. The van der Waals surface area contributed by atoms with Crippen LogP contribution in [0.4, 0.5) is 0 Å². The second-order valence-electron chi connectivity index (χ2n) is 5.44. The molecule has 1 saturated heterocycles. The Morgan fingerprint density at radius 3 is 2.67 bits per heavy atom. The van der Waals surface area contributed by atoms with Crippen LogP contribution in [0.3, 0.4) is 0 Å². The van der Waals surface area contributed by atoms with E-state index in [9.17, 15) is 8.42 Å². The molecular weight excluding hydrogens is 306 g/mol. The van der Waals surface area contributed by atoms with E-state index >= 15 is 0 Å². The molecule has 21 heavy (non-hydrogen) atoms. The number of rotatable bonds is 7. The van der Waals surface area contributed by atoms with Crippen molar-refractivity contribution in [3.63, 3.8) is 0 Å². The molecule has 0 aromatic carbocycles. The molecule has 0 amide bonds. The van der Waals surface area contributed by atoms with E-state index in [2.05, 4.69) is 17.2 Å². The molecule has 0 aliphatic carbocycles. The average Bonchev–Trinajstić information content (AvgIpc) is 2.93. The minimum atomic E-state index is -3.03. The van der Waals surface area contributed by atoms with Crippen LogP contribution in [0.1, 0.15) is 43.0 Å². The van der Waals surface area contributed by atoms with Crippen LogP contribution in [0.5, 0.6) is 0 Å². The number of aryl methyl sites for hydroxylation is 1. The first-order valence-electron chi connectivity index (χ1n) is 7.70. The summed E-state index contributed by atoms with van der Waals surface area (Å²) in [6, 6.07) is 0.408. The lowest BCUT2D eigenvalue weighted by atomic mass is 10.1. The Morgan fingerprint density at radius 2 is 2.10 bits per heavy atom. The fourth-order valence-corrected chi connectivity index (χ4v) is 4.92. The zero-order valence-corrected chi connectivity index (χ0v) is 14.5. The van der Waals surface area contributed by atoms with Crippen LogP contribution in [0.15, 0.2) is 6.20 Å². The van der Waals surface area contributed by atoms with Crippen LogP contribution < -0.4 is 5.32 Å². The van der Waals surface area contributed by atoms with Crippen LogP contribution >= 0.6 is 11.3 Å². The van der Waals surface area contributed by atoms with Crippen LogP contribution in [0.2, 0.25) is 0 Å². The quantitative estimate of drug-likeness (QED) is 0.830. The summed E-state index contributed by atoms with van der Waals surface area (Å²) < 4.78 is 25.7. The Kier molecular flexibility index (Phi) is 6.16. The summed E-state index contributed by atoms with van der Waals surface area (Å²) in [5.41, 5.74) is 0. The second-order valence-corrected chi connectivity index (χ2v) is 8.73. The standard InChI is InChI=1S/C14H25N3O2S2/c1-3-9-21(18,19)17-7-5-12(6-8-17)15-10-13-11-16-14(4-2)20-13/h11-12,15H,3-10H2,1-2H3. The lowest BCUT2D eigenvalue weighted by molar-refractivity contribution is 0.289. The van der Waals surface area contributed by atoms with Crippen molar-refractivity contribution in [1.82, 2.24) is 14.6 Å². The zero-order valence-electron chi connectivity index (χ0n) is 12.8. The number of nitrogens with zero attached hydrogens (tertiary/aromatic N) is 2. The second kappa shape index (κ2) is 7.67. The van der Waals surface area contributed by atoms with Crippen molar-refractivity contribution >= 4 is 21.4 Å². The van der Waals surface area contributed by atoms with Crippen molar-refractivity contribution in [1.29, 1.82) is 0 Å². The number of hydrogen-bond acceptors (Lipinski definition) is 5. The predicted octanol–water partition coefficient (Wildman–Crippen LogP) is 2.00. The van der Waals surface area contributed by atoms with Gasteiger partial charge in [0.15, 0.2) is 0 Å². The van der Waals surface area contributed by atoms with Gasteiger partial charge < -0.3 is 5.32 Å². The molecule has 0 spiro atoms. The van der Waals surface area contributed by atoms with Gasteiger partial charge in [0, 0.05) is 36.8 Å². The van der Waals surface area contributed by atoms with Crippen molar-refractivity contribution in [2.45, 2.75) is 52.1 Å². The van der Waals surface area contributed by atoms with E-state index in [4.69, 9.17) is 0 Å². The van der Waals surface area contributed by atoms with Crippen molar-refractivity contribution in [2.75, 3.05) is 18.8 Å². The van der Waals surface area contributed by atoms with Gasteiger partial charge in [-0.05, 0) is 25.7 Å².